The fraction of sp³-hybridized carbons (Fsp3) is 0.429. The minimum absolute atomic E-state index is 0.0773. The first-order valence-electron chi connectivity index (χ1n) is 11.4. The van der Waals surface area contributed by atoms with Gasteiger partial charge in [0, 0.05) is 28.7 Å². The van der Waals surface area contributed by atoms with Crippen LogP contribution in [0.15, 0.2) is 41.1 Å². The van der Waals surface area contributed by atoms with E-state index in [2.05, 4.69) is 71.6 Å². The first-order valence-corrected chi connectivity index (χ1v) is 11.4. The van der Waals surface area contributed by atoms with Gasteiger partial charge in [-0.1, -0.05) is 47.6 Å². The molecule has 31 heavy (non-hydrogen) atoms. The average molecular weight is 413 g/mol. The minimum Gasteiger partial charge on any atom is -0.437 e. The van der Waals surface area contributed by atoms with Crippen LogP contribution >= 0.6 is 0 Å². The van der Waals surface area contributed by atoms with Crippen molar-refractivity contribution in [2.24, 2.45) is 0 Å². The van der Waals surface area contributed by atoms with Gasteiger partial charge >= 0.3 is 0 Å². The molecule has 0 bridgehead atoms. The molecule has 0 saturated heterocycles. The number of fused-ring (bicyclic) bond motifs is 5. The molecule has 0 fully saturated rings. The SMILES string of the molecule is Cc1c2c(c3c(oc4ncccc43)c1-c1ccc(C(C)C)cn1)C(C)(C)CCC2(C)C. The Kier molecular flexibility index (Phi) is 4.35. The molecule has 3 nitrogen and oxygen atoms in total. The van der Waals surface area contributed by atoms with Crippen LogP contribution in [0.25, 0.3) is 33.3 Å². The molecule has 1 aliphatic carbocycles. The molecule has 4 aromatic rings. The van der Waals surface area contributed by atoms with E-state index in [1.807, 2.05) is 18.5 Å². The zero-order valence-electron chi connectivity index (χ0n) is 19.8. The Balaban J connectivity index is 1.97. The van der Waals surface area contributed by atoms with Crippen LogP contribution in [0.4, 0.5) is 0 Å². The number of benzene rings is 1. The van der Waals surface area contributed by atoms with Crippen molar-refractivity contribution in [3.8, 4) is 11.3 Å². The third-order valence-electron chi connectivity index (χ3n) is 7.38. The Morgan fingerprint density at radius 2 is 1.65 bits per heavy atom. The summed E-state index contributed by atoms with van der Waals surface area (Å²) in [6, 6.07) is 8.53. The number of aromatic nitrogens is 2. The van der Waals surface area contributed by atoms with Crippen LogP contribution in [0.5, 0.6) is 0 Å². The third-order valence-corrected chi connectivity index (χ3v) is 7.38. The highest BCUT2D eigenvalue weighted by Crippen LogP contribution is 2.54. The molecule has 5 rings (SSSR count). The smallest absolute Gasteiger partial charge is 0.227 e. The molecule has 0 atom stereocenters. The maximum Gasteiger partial charge on any atom is 0.227 e. The standard InChI is InChI=1S/C28H32N2O/c1-16(2)18-10-11-20(30-15-18)21-17(3)23-24(28(6,7)13-12-27(23,4)5)22-19-9-8-14-29-26(19)31-25(21)22/h8-11,14-16H,12-13H2,1-7H3. The molecule has 0 amide bonds. The van der Waals surface area contributed by atoms with Gasteiger partial charge in [0.15, 0.2) is 0 Å². The van der Waals surface area contributed by atoms with Gasteiger partial charge in [0.05, 0.1) is 5.69 Å². The predicted octanol–water partition coefficient (Wildman–Crippen LogP) is 7.82. The Labute approximate surface area is 184 Å². The van der Waals surface area contributed by atoms with Gasteiger partial charge in [0.25, 0.3) is 0 Å². The van der Waals surface area contributed by atoms with Crippen molar-refractivity contribution in [2.45, 2.75) is 78.1 Å². The van der Waals surface area contributed by atoms with Crippen molar-refractivity contribution < 1.29 is 4.42 Å². The number of hydrogen-bond donors (Lipinski definition) is 0. The van der Waals surface area contributed by atoms with E-state index in [1.54, 1.807) is 0 Å². The van der Waals surface area contributed by atoms with Crippen LogP contribution in [-0.4, -0.2) is 9.97 Å². The van der Waals surface area contributed by atoms with E-state index in [-0.39, 0.29) is 10.8 Å². The lowest BCUT2D eigenvalue weighted by Gasteiger charge is -2.43. The molecule has 0 aliphatic heterocycles. The number of nitrogens with zero attached hydrogens (tertiary/aromatic N) is 2. The molecular weight excluding hydrogens is 380 g/mol. The third kappa shape index (κ3) is 2.93. The Hall–Kier alpha value is -2.68. The van der Waals surface area contributed by atoms with Gasteiger partial charge in [-0.15, -0.1) is 0 Å². The molecule has 1 aliphatic rings. The number of furan rings is 1. The highest BCUT2D eigenvalue weighted by atomic mass is 16.3. The van der Waals surface area contributed by atoms with E-state index in [1.165, 1.54) is 34.1 Å². The summed E-state index contributed by atoms with van der Waals surface area (Å²) in [4.78, 5) is 9.47. The topological polar surface area (TPSA) is 38.9 Å². The molecule has 3 heteroatoms. The Morgan fingerprint density at radius 1 is 0.935 bits per heavy atom. The lowest BCUT2D eigenvalue weighted by atomic mass is 9.60. The molecule has 3 heterocycles. The van der Waals surface area contributed by atoms with Crippen LogP contribution in [0, 0.1) is 6.92 Å². The fourth-order valence-corrected chi connectivity index (χ4v) is 5.57. The monoisotopic (exact) mass is 412 g/mol. The summed E-state index contributed by atoms with van der Waals surface area (Å²) in [5, 5.41) is 2.34. The largest absolute Gasteiger partial charge is 0.437 e. The summed E-state index contributed by atoms with van der Waals surface area (Å²) >= 11 is 0. The first-order chi connectivity index (χ1) is 14.6. The Morgan fingerprint density at radius 3 is 2.29 bits per heavy atom. The van der Waals surface area contributed by atoms with Crippen LogP contribution in [0.3, 0.4) is 0 Å². The van der Waals surface area contributed by atoms with Crippen LogP contribution in [0.1, 0.15) is 82.6 Å². The van der Waals surface area contributed by atoms with E-state index < -0.39 is 0 Å². The summed E-state index contributed by atoms with van der Waals surface area (Å²) in [6.45, 7) is 16.2. The van der Waals surface area contributed by atoms with E-state index in [0.29, 0.717) is 11.6 Å². The zero-order chi connectivity index (χ0) is 22.1. The van der Waals surface area contributed by atoms with E-state index in [9.17, 15) is 0 Å². The van der Waals surface area contributed by atoms with Gasteiger partial charge in [-0.25, -0.2) is 4.98 Å². The molecule has 0 N–H and O–H groups in total. The first kappa shape index (κ1) is 20.2. The predicted molar refractivity (Wildman–Crippen MR) is 129 cm³/mol. The quantitative estimate of drug-likeness (QED) is 0.337. The number of rotatable bonds is 2. The highest BCUT2D eigenvalue weighted by molar-refractivity contribution is 6.12. The lowest BCUT2D eigenvalue weighted by Crippen LogP contribution is -2.35. The van der Waals surface area contributed by atoms with E-state index in [4.69, 9.17) is 9.40 Å². The molecule has 160 valence electrons. The summed E-state index contributed by atoms with van der Waals surface area (Å²) < 4.78 is 6.47. The summed E-state index contributed by atoms with van der Waals surface area (Å²) in [7, 11) is 0. The van der Waals surface area contributed by atoms with Crippen molar-refractivity contribution in [3.05, 3.63) is 58.9 Å². The highest BCUT2D eigenvalue weighted by Gasteiger charge is 2.42. The van der Waals surface area contributed by atoms with Gasteiger partial charge in [0.1, 0.15) is 5.58 Å². The van der Waals surface area contributed by atoms with Crippen LogP contribution in [0.2, 0.25) is 0 Å². The number of pyridine rings is 2. The van der Waals surface area contributed by atoms with Crippen LogP contribution < -0.4 is 0 Å². The maximum absolute atomic E-state index is 6.47. The molecular formula is C28H32N2O. The Bertz CT molecular complexity index is 1310. The summed E-state index contributed by atoms with van der Waals surface area (Å²) in [5.74, 6) is 0.460. The fourth-order valence-electron chi connectivity index (χ4n) is 5.57. The van der Waals surface area contributed by atoms with E-state index >= 15 is 0 Å². The normalized spacial score (nSPS) is 17.4. The number of hydrogen-bond acceptors (Lipinski definition) is 3. The van der Waals surface area contributed by atoms with Gasteiger partial charge in [-0.3, -0.25) is 4.98 Å². The summed E-state index contributed by atoms with van der Waals surface area (Å²) in [5.41, 5.74) is 9.37. The van der Waals surface area contributed by atoms with Crippen molar-refractivity contribution >= 4 is 22.1 Å². The van der Waals surface area contributed by atoms with Gasteiger partial charge < -0.3 is 4.42 Å². The van der Waals surface area contributed by atoms with Crippen molar-refractivity contribution in [1.82, 2.24) is 9.97 Å². The van der Waals surface area contributed by atoms with Crippen LogP contribution in [-0.2, 0) is 10.8 Å². The minimum atomic E-state index is 0.0773. The maximum atomic E-state index is 6.47. The molecule has 1 aromatic carbocycles. The second kappa shape index (κ2) is 6.66. The summed E-state index contributed by atoms with van der Waals surface area (Å²) in [6.07, 6.45) is 6.16. The van der Waals surface area contributed by atoms with Crippen molar-refractivity contribution in [2.75, 3.05) is 0 Å². The zero-order valence-corrected chi connectivity index (χ0v) is 19.8. The van der Waals surface area contributed by atoms with Gasteiger partial charge in [0.2, 0.25) is 5.71 Å². The van der Waals surface area contributed by atoms with Crippen molar-refractivity contribution in [1.29, 1.82) is 0 Å². The molecule has 0 spiro atoms. The second-order valence-corrected chi connectivity index (χ2v) is 10.8. The molecule has 0 saturated carbocycles. The average Bonchev–Trinajstić information content (AvgIpc) is 3.09. The van der Waals surface area contributed by atoms with E-state index in [0.717, 1.165) is 28.6 Å². The van der Waals surface area contributed by atoms with Crippen molar-refractivity contribution in [3.63, 3.8) is 0 Å². The van der Waals surface area contributed by atoms with Gasteiger partial charge in [-0.2, -0.15) is 0 Å². The lowest BCUT2D eigenvalue weighted by molar-refractivity contribution is 0.333. The molecule has 3 aromatic heterocycles. The van der Waals surface area contributed by atoms with Gasteiger partial charge in [-0.05, 0) is 77.0 Å². The molecule has 0 unspecified atom stereocenters. The second-order valence-electron chi connectivity index (χ2n) is 10.8. The molecule has 0 radical (unpaired) electrons.